The second-order valence-electron chi connectivity index (χ2n) is 6.82. The summed E-state index contributed by atoms with van der Waals surface area (Å²) in [6.07, 6.45) is 3.84. The number of rotatable bonds is 3. The van der Waals surface area contributed by atoms with Crippen LogP contribution in [-0.4, -0.2) is 57.9 Å². The molecule has 0 bridgehead atoms. The van der Waals surface area contributed by atoms with E-state index in [1.165, 1.54) is 11.8 Å². The minimum Gasteiger partial charge on any atom is -0.335 e. The van der Waals surface area contributed by atoms with Gasteiger partial charge in [-0.05, 0) is 25.8 Å². The molecule has 1 saturated heterocycles. The van der Waals surface area contributed by atoms with Crippen LogP contribution in [0.1, 0.15) is 33.7 Å². The zero-order chi connectivity index (χ0) is 19.2. The molecular weight excluding hydrogens is 342 g/mol. The first kappa shape index (κ1) is 18.8. The number of benzene rings is 1. The van der Waals surface area contributed by atoms with Crippen LogP contribution in [0.2, 0.25) is 0 Å². The van der Waals surface area contributed by atoms with E-state index in [1.807, 2.05) is 38.1 Å². The molecule has 0 atom stereocenters. The molecule has 1 aromatic carbocycles. The van der Waals surface area contributed by atoms with E-state index in [1.54, 1.807) is 16.0 Å². The molecule has 1 aliphatic heterocycles. The number of amides is 3. The van der Waals surface area contributed by atoms with Gasteiger partial charge < -0.3 is 15.1 Å². The first-order chi connectivity index (χ1) is 13.0. The van der Waals surface area contributed by atoms with E-state index in [0.717, 1.165) is 17.7 Å². The van der Waals surface area contributed by atoms with E-state index >= 15 is 0 Å². The topological polar surface area (TPSA) is 78.4 Å². The lowest BCUT2D eigenvalue weighted by Crippen LogP contribution is -2.42. The average molecular weight is 367 g/mol. The lowest BCUT2D eigenvalue weighted by Gasteiger charge is -2.22. The van der Waals surface area contributed by atoms with Gasteiger partial charge >= 0.3 is 6.03 Å². The van der Waals surface area contributed by atoms with Crippen molar-refractivity contribution in [3.05, 3.63) is 59.2 Å². The van der Waals surface area contributed by atoms with Gasteiger partial charge in [0.2, 0.25) is 0 Å². The zero-order valence-electron chi connectivity index (χ0n) is 15.8. The van der Waals surface area contributed by atoms with Gasteiger partial charge in [0.05, 0.1) is 11.9 Å². The molecule has 0 radical (unpaired) electrons. The van der Waals surface area contributed by atoms with Crippen LogP contribution in [0.15, 0.2) is 36.7 Å². The van der Waals surface area contributed by atoms with E-state index in [-0.39, 0.29) is 11.9 Å². The molecule has 0 saturated carbocycles. The van der Waals surface area contributed by atoms with Crippen molar-refractivity contribution in [3.63, 3.8) is 0 Å². The maximum Gasteiger partial charge on any atom is 0.317 e. The summed E-state index contributed by atoms with van der Waals surface area (Å²) in [6, 6.07) is 8.00. The largest absolute Gasteiger partial charge is 0.335 e. The third-order valence-electron chi connectivity index (χ3n) is 4.63. The van der Waals surface area contributed by atoms with E-state index in [9.17, 15) is 9.59 Å². The molecule has 3 amide bonds. The summed E-state index contributed by atoms with van der Waals surface area (Å²) >= 11 is 0. The molecule has 3 rings (SSSR count). The molecule has 1 N–H and O–H groups in total. The Morgan fingerprint density at radius 3 is 2.37 bits per heavy atom. The lowest BCUT2D eigenvalue weighted by molar-refractivity contribution is 0.0756. The second kappa shape index (κ2) is 8.62. The molecule has 1 fully saturated rings. The number of urea groups is 1. The smallest absolute Gasteiger partial charge is 0.317 e. The minimum atomic E-state index is -0.135. The van der Waals surface area contributed by atoms with Gasteiger partial charge in [-0.1, -0.05) is 29.8 Å². The van der Waals surface area contributed by atoms with Crippen LogP contribution in [0, 0.1) is 13.8 Å². The summed E-state index contributed by atoms with van der Waals surface area (Å²) in [5, 5.41) is 2.96. The highest BCUT2D eigenvalue weighted by atomic mass is 16.2. The minimum absolute atomic E-state index is 0.0972. The highest BCUT2D eigenvalue weighted by Crippen LogP contribution is 2.09. The van der Waals surface area contributed by atoms with E-state index in [2.05, 4.69) is 15.3 Å². The first-order valence-corrected chi connectivity index (χ1v) is 9.19. The monoisotopic (exact) mass is 367 g/mol. The second-order valence-corrected chi connectivity index (χ2v) is 6.82. The van der Waals surface area contributed by atoms with Gasteiger partial charge in [0.15, 0.2) is 0 Å². The Balaban J connectivity index is 1.52. The van der Waals surface area contributed by atoms with E-state index in [0.29, 0.717) is 38.4 Å². The number of nitrogens with zero attached hydrogens (tertiary/aromatic N) is 4. The molecule has 142 valence electrons. The van der Waals surface area contributed by atoms with Crippen LogP contribution in [-0.2, 0) is 6.54 Å². The van der Waals surface area contributed by atoms with Gasteiger partial charge in [-0.2, -0.15) is 0 Å². The van der Waals surface area contributed by atoms with E-state index in [4.69, 9.17) is 0 Å². The number of carbonyl (C=O) groups is 2. The van der Waals surface area contributed by atoms with Gasteiger partial charge in [0.1, 0.15) is 5.69 Å². The maximum atomic E-state index is 12.6. The third kappa shape index (κ3) is 5.03. The Labute approximate surface area is 159 Å². The highest BCUT2D eigenvalue weighted by molar-refractivity contribution is 5.92. The summed E-state index contributed by atoms with van der Waals surface area (Å²) in [5.41, 5.74) is 3.39. The maximum absolute atomic E-state index is 12.6. The highest BCUT2D eigenvalue weighted by Gasteiger charge is 2.23. The molecule has 0 spiro atoms. The Hall–Kier alpha value is -2.96. The third-order valence-corrected chi connectivity index (χ3v) is 4.63. The summed E-state index contributed by atoms with van der Waals surface area (Å²) < 4.78 is 0. The Morgan fingerprint density at radius 2 is 1.67 bits per heavy atom. The van der Waals surface area contributed by atoms with Gasteiger partial charge in [0.25, 0.3) is 5.91 Å². The van der Waals surface area contributed by atoms with Gasteiger partial charge in [-0.15, -0.1) is 0 Å². The van der Waals surface area contributed by atoms with E-state index < -0.39 is 0 Å². The number of hydrogen-bond donors (Lipinski definition) is 1. The SMILES string of the molecule is Cc1ccc(CNC(=O)N2CCCN(C(=O)c3cnc(C)cn3)CC2)cc1. The van der Waals surface area contributed by atoms with Crippen molar-refractivity contribution in [2.24, 2.45) is 0 Å². The molecule has 2 heterocycles. The fourth-order valence-corrected chi connectivity index (χ4v) is 2.98. The molecule has 27 heavy (non-hydrogen) atoms. The van der Waals surface area contributed by atoms with Crippen LogP contribution < -0.4 is 5.32 Å². The number of carbonyl (C=O) groups excluding carboxylic acids is 2. The van der Waals surface area contributed by atoms with Crippen LogP contribution in [0.3, 0.4) is 0 Å². The molecule has 0 aliphatic carbocycles. The molecule has 7 heteroatoms. The molecule has 2 aromatic rings. The van der Waals surface area contributed by atoms with Crippen molar-refractivity contribution in [3.8, 4) is 0 Å². The summed E-state index contributed by atoms with van der Waals surface area (Å²) in [6.45, 7) is 6.60. The fraction of sp³-hybridized carbons (Fsp3) is 0.400. The van der Waals surface area contributed by atoms with Crippen LogP contribution in [0.5, 0.6) is 0 Å². The summed E-state index contributed by atoms with van der Waals surface area (Å²) in [4.78, 5) is 36.9. The van der Waals surface area contributed by atoms with Gasteiger partial charge in [-0.25, -0.2) is 9.78 Å². The predicted octanol–water partition coefficient (Wildman–Crippen LogP) is 2.15. The van der Waals surface area contributed by atoms with Crippen molar-refractivity contribution in [2.45, 2.75) is 26.8 Å². The van der Waals surface area contributed by atoms with Crippen molar-refractivity contribution >= 4 is 11.9 Å². The van der Waals surface area contributed by atoms with Crippen molar-refractivity contribution < 1.29 is 9.59 Å². The van der Waals surface area contributed by atoms with Crippen LogP contribution in [0.25, 0.3) is 0 Å². The zero-order valence-corrected chi connectivity index (χ0v) is 15.8. The Morgan fingerprint density at radius 1 is 0.963 bits per heavy atom. The summed E-state index contributed by atoms with van der Waals surface area (Å²) in [7, 11) is 0. The number of aryl methyl sites for hydroxylation is 2. The molecule has 1 aliphatic rings. The quantitative estimate of drug-likeness (QED) is 0.902. The van der Waals surface area contributed by atoms with Crippen molar-refractivity contribution in [1.29, 1.82) is 0 Å². The summed E-state index contributed by atoms with van der Waals surface area (Å²) in [5.74, 6) is -0.135. The van der Waals surface area contributed by atoms with Crippen molar-refractivity contribution in [2.75, 3.05) is 26.2 Å². The lowest BCUT2D eigenvalue weighted by atomic mass is 10.1. The van der Waals surface area contributed by atoms with Crippen LogP contribution in [0.4, 0.5) is 4.79 Å². The van der Waals surface area contributed by atoms with Crippen molar-refractivity contribution in [1.82, 2.24) is 25.1 Å². The first-order valence-electron chi connectivity index (χ1n) is 9.19. The predicted molar refractivity (Wildman–Crippen MR) is 102 cm³/mol. The average Bonchev–Trinajstić information content (AvgIpc) is 2.94. The number of hydrogen-bond acceptors (Lipinski definition) is 4. The standard InChI is InChI=1S/C20H25N5O2/c1-15-4-6-17(7-5-15)13-23-20(27)25-9-3-8-24(10-11-25)19(26)18-14-21-16(2)12-22-18/h4-7,12,14H,3,8-11,13H2,1-2H3,(H,23,27). The molecular formula is C20H25N5O2. The Kier molecular flexibility index (Phi) is 6.01. The van der Waals surface area contributed by atoms with Gasteiger partial charge in [-0.3, -0.25) is 9.78 Å². The number of nitrogens with one attached hydrogen (secondary N) is 1. The fourth-order valence-electron chi connectivity index (χ4n) is 2.98. The molecule has 0 unspecified atom stereocenters. The number of aromatic nitrogens is 2. The molecule has 7 nitrogen and oxygen atoms in total. The van der Waals surface area contributed by atoms with Crippen LogP contribution >= 0.6 is 0 Å². The molecule has 1 aromatic heterocycles. The Bertz CT molecular complexity index is 789. The van der Waals surface area contributed by atoms with Gasteiger partial charge in [0, 0.05) is 38.9 Å². The normalized spacial score (nSPS) is 14.6.